The van der Waals surface area contributed by atoms with Crippen LogP contribution in [-0.4, -0.2) is 76.9 Å². The van der Waals surface area contributed by atoms with Crippen molar-refractivity contribution in [3.8, 4) is 0 Å². The molecule has 140 valence electrons. The van der Waals surface area contributed by atoms with E-state index in [1.54, 1.807) is 4.90 Å². The molecule has 4 atom stereocenters. The van der Waals surface area contributed by atoms with E-state index in [9.17, 15) is 19.5 Å². The highest BCUT2D eigenvalue weighted by Crippen LogP contribution is 2.31. The first-order valence-corrected chi connectivity index (χ1v) is 9.01. The summed E-state index contributed by atoms with van der Waals surface area (Å²) in [6, 6.07) is -0.922. The molecule has 8 heteroatoms. The van der Waals surface area contributed by atoms with Crippen molar-refractivity contribution in [1.29, 1.82) is 0 Å². The Morgan fingerprint density at radius 2 is 1.88 bits per heavy atom. The number of morpholine rings is 1. The van der Waals surface area contributed by atoms with Crippen molar-refractivity contribution in [1.82, 2.24) is 9.80 Å². The van der Waals surface area contributed by atoms with Gasteiger partial charge in [-0.15, -0.1) is 0 Å². The second-order valence-electron chi connectivity index (χ2n) is 7.40. The molecule has 8 nitrogen and oxygen atoms in total. The number of piperidine rings is 1. The van der Waals surface area contributed by atoms with Crippen LogP contribution in [0.25, 0.3) is 0 Å². The summed E-state index contributed by atoms with van der Waals surface area (Å²) in [4.78, 5) is 40.2. The van der Waals surface area contributed by atoms with E-state index in [0.29, 0.717) is 19.5 Å². The van der Waals surface area contributed by atoms with Crippen molar-refractivity contribution in [2.75, 3.05) is 19.6 Å². The van der Waals surface area contributed by atoms with Gasteiger partial charge in [-0.25, -0.2) is 4.79 Å². The highest BCUT2D eigenvalue weighted by molar-refractivity contribution is 5.94. The first-order chi connectivity index (χ1) is 11.9. The van der Waals surface area contributed by atoms with Gasteiger partial charge in [-0.2, -0.15) is 0 Å². The average molecular weight is 354 g/mol. The van der Waals surface area contributed by atoms with Crippen LogP contribution in [0.5, 0.6) is 0 Å². The van der Waals surface area contributed by atoms with Crippen molar-refractivity contribution >= 4 is 17.8 Å². The fraction of sp³-hybridized carbons (Fsp3) is 0.824. The number of fused-ring (bicyclic) bond motifs is 2. The number of carboxylic acids is 1. The predicted octanol–water partition coefficient (Wildman–Crippen LogP) is 0.451. The van der Waals surface area contributed by atoms with E-state index in [4.69, 9.17) is 9.47 Å². The van der Waals surface area contributed by atoms with Gasteiger partial charge in [0.1, 0.15) is 6.04 Å². The second-order valence-corrected chi connectivity index (χ2v) is 7.40. The maximum Gasteiger partial charge on any atom is 0.326 e. The van der Waals surface area contributed by atoms with Crippen LogP contribution in [0, 0.1) is 5.92 Å². The minimum atomic E-state index is -1.04. The lowest BCUT2D eigenvalue weighted by molar-refractivity contribution is -0.173. The summed E-state index contributed by atoms with van der Waals surface area (Å²) in [6.07, 6.45) is 0.601. The molecule has 0 unspecified atom stereocenters. The normalized spacial score (nSPS) is 30.7. The van der Waals surface area contributed by atoms with Crippen molar-refractivity contribution in [2.24, 2.45) is 5.92 Å². The van der Waals surface area contributed by atoms with E-state index in [1.807, 2.05) is 13.8 Å². The Morgan fingerprint density at radius 1 is 1.20 bits per heavy atom. The Hall–Kier alpha value is -1.67. The van der Waals surface area contributed by atoms with E-state index < -0.39 is 36.4 Å². The molecule has 0 aromatic carbocycles. The molecule has 2 bridgehead atoms. The van der Waals surface area contributed by atoms with Crippen LogP contribution in [0.2, 0.25) is 0 Å². The zero-order valence-corrected chi connectivity index (χ0v) is 14.7. The number of carbonyl (C=O) groups is 3. The Labute approximate surface area is 147 Å². The van der Waals surface area contributed by atoms with E-state index in [0.717, 1.165) is 19.3 Å². The highest BCUT2D eigenvalue weighted by atomic mass is 16.7. The summed E-state index contributed by atoms with van der Waals surface area (Å²) in [5, 5.41) is 9.51. The van der Waals surface area contributed by atoms with Crippen molar-refractivity contribution < 1.29 is 29.0 Å². The molecule has 2 amide bonds. The van der Waals surface area contributed by atoms with Crippen molar-refractivity contribution in [3.63, 3.8) is 0 Å². The number of hydrogen-bond acceptors (Lipinski definition) is 5. The minimum absolute atomic E-state index is 0.0444. The van der Waals surface area contributed by atoms with Gasteiger partial charge in [0.2, 0.25) is 0 Å². The zero-order chi connectivity index (χ0) is 18.1. The maximum atomic E-state index is 12.8. The van der Waals surface area contributed by atoms with Gasteiger partial charge < -0.3 is 24.4 Å². The van der Waals surface area contributed by atoms with Gasteiger partial charge >= 0.3 is 5.97 Å². The molecule has 0 saturated carbocycles. The Balaban J connectivity index is 1.74. The van der Waals surface area contributed by atoms with Gasteiger partial charge in [-0.3, -0.25) is 9.59 Å². The van der Waals surface area contributed by atoms with Crippen LogP contribution < -0.4 is 0 Å². The molecule has 0 aliphatic carbocycles. The van der Waals surface area contributed by atoms with Gasteiger partial charge in [0.15, 0.2) is 18.5 Å². The molecular formula is C17H26N2O6. The quantitative estimate of drug-likeness (QED) is 0.770. The number of carbonyl (C=O) groups excluding carboxylic acids is 2. The molecule has 3 fully saturated rings. The third-order valence-corrected chi connectivity index (χ3v) is 5.01. The molecule has 0 aromatic heterocycles. The highest BCUT2D eigenvalue weighted by Gasteiger charge is 2.54. The fourth-order valence-electron chi connectivity index (χ4n) is 3.76. The number of nitrogens with zero attached hydrogens (tertiary/aromatic N) is 2. The summed E-state index contributed by atoms with van der Waals surface area (Å²) in [6.45, 7) is 5.20. The molecule has 0 aromatic rings. The average Bonchev–Trinajstić information content (AvgIpc) is 2.95. The molecule has 0 radical (unpaired) electrons. The summed E-state index contributed by atoms with van der Waals surface area (Å²) in [5.41, 5.74) is 0. The number of carboxylic acid groups (broad SMARTS) is 1. The number of amides is 2. The van der Waals surface area contributed by atoms with Gasteiger partial charge in [-0.1, -0.05) is 13.8 Å². The number of likely N-dealkylation sites (tertiary alicyclic amines) is 1. The first kappa shape index (κ1) is 18.1. The predicted molar refractivity (Wildman–Crippen MR) is 86.6 cm³/mol. The first-order valence-electron chi connectivity index (χ1n) is 9.01. The number of rotatable bonds is 5. The maximum absolute atomic E-state index is 12.8. The fourth-order valence-corrected chi connectivity index (χ4v) is 3.76. The molecule has 25 heavy (non-hydrogen) atoms. The van der Waals surface area contributed by atoms with Gasteiger partial charge in [-0.05, 0) is 31.6 Å². The summed E-state index contributed by atoms with van der Waals surface area (Å²) < 4.78 is 11.2. The third kappa shape index (κ3) is 3.64. The van der Waals surface area contributed by atoms with Crippen LogP contribution in [0.1, 0.15) is 39.5 Å². The third-order valence-electron chi connectivity index (χ3n) is 5.01. The van der Waals surface area contributed by atoms with Crippen molar-refractivity contribution in [2.45, 2.75) is 64.1 Å². The SMILES string of the molecule is CC(C)C[C@@H](C(=O)O)N1C[C@@H]2O[C@H](C(=O)N3CCCCC3)[C@@H](O2)C1=O. The smallest absolute Gasteiger partial charge is 0.326 e. The Bertz CT molecular complexity index is 545. The molecule has 3 aliphatic rings. The molecule has 3 rings (SSSR count). The lowest BCUT2D eigenvalue weighted by Crippen LogP contribution is -2.57. The summed E-state index contributed by atoms with van der Waals surface area (Å²) >= 11 is 0. The largest absolute Gasteiger partial charge is 0.480 e. The standard InChI is InChI=1S/C17H26N2O6/c1-10(2)8-11(17(22)23)19-9-12-24-13(14(25-12)16(19)21)15(20)18-6-4-3-5-7-18/h10-14H,3-9H2,1-2H3,(H,22,23)/t11-,12+,13-,14+/m0/s1. The molecule has 3 heterocycles. The molecule has 0 spiro atoms. The van der Waals surface area contributed by atoms with Crippen molar-refractivity contribution in [3.05, 3.63) is 0 Å². The monoisotopic (exact) mass is 354 g/mol. The van der Waals surface area contributed by atoms with E-state index in [1.165, 1.54) is 4.90 Å². The summed E-state index contributed by atoms with van der Waals surface area (Å²) in [7, 11) is 0. The van der Waals surface area contributed by atoms with E-state index >= 15 is 0 Å². The Morgan fingerprint density at radius 3 is 2.48 bits per heavy atom. The Kier molecular flexibility index (Phi) is 5.29. The van der Waals surface area contributed by atoms with Gasteiger partial charge in [0.05, 0.1) is 6.54 Å². The van der Waals surface area contributed by atoms with Gasteiger partial charge in [0.25, 0.3) is 11.8 Å². The molecule has 3 aliphatic heterocycles. The lowest BCUT2D eigenvalue weighted by atomic mass is 10.0. The minimum Gasteiger partial charge on any atom is -0.480 e. The number of aliphatic carboxylic acids is 1. The van der Waals surface area contributed by atoms with Crippen LogP contribution in [0.15, 0.2) is 0 Å². The van der Waals surface area contributed by atoms with Gasteiger partial charge in [0, 0.05) is 13.1 Å². The number of hydrogen-bond donors (Lipinski definition) is 1. The topological polar surface area (TPSA) is 96.4 Å². The van der Waals surface area contributed by atoms with E-state index in [-0.39, 0.29) is 18.4 Å². The second kappa shape index (κ2) is 7.29. The van der Waals surface area contributed by atoms with Crippen LogP contribution in [0.4, 0.5) is 0 Å². The molecule has 1 N–H and O–H groups in total. The molecular weight excluding hydrogens is 328 g/mol. The zero-order valence-electron chi connectivity index (χ0n) is 14.7. The van der Waals surface area contributed by atoms with Crippen LogP contribution in [-0.2, 0) is 23.9 Å². The summed E-state index contributed by atoms with van der Waals surface area (Å²) in [5.74, 6) is -1.60. The lowest BCUT2D eigenvalue weighted by Gasteiger charge is -2.35. The van der Waals surface area contributed by atoms with Crippen LogP contribution >= 0.6 is 0 Å². The van der Waals surface area contributed by atoms with E-state index in [2.05, 4.69) is 0 Å². The van der Waals surface area contributed by atoms with Crippen LogP contribution in [0.3, 0.4) is 0 Å². The molecule has 3 saturated heterocycles. The number of ether oxygens (including phenoxy) is 2.